The Bertz CT molecular complexity index is 135. The third kappa shape index (κ3) is 4.60. The topological polar surface area (TPSA) is 43.7 Å². The van der Waals surface area contributed by atoms with Crippen LogP contribution in [0.1, 0.15) is 27.2 Å². The van der Waals surface area contributed by atoms with Crippen molar-refractivity contribution in [3.63, 3.8) is 0 Å². The molecule has 0 aliphatic heterocycles. The Kier molecular flexibility index (Phi) is 5.53. The van der Waals surface area contributed by atoms with Crippen LogP contribution in [0.2, 0.25) is 0 Å². The molecular formula is C10H23NO2. The molecule has 80 valence electrons. The number of hydrogen-bond donors (Lipinski definition) is 2. The zero-order valence-electron chi connectivity index (χ0n) is 9.36. The first-order valence-electron chi connectivity index (χ1n) is 4.88. The minimum absolute atomic E-state index is 0.0417. The smallest absolute Gasteiger partial charge is 0.0950 e. The van der Waals surface area contributed by atoms with Crippen molar-refractivity contribution in [2.45, 2.75) is 45.4 Å². The van der Waals surface area contributed by atoms with E-state index in [2.05, 4.69) is 13.8 Å². The molecule has 0 aliphatic carbocycles. The van der Waals surface area contributed by atoms with Gasteiger partial charge >= 0.3 is 0 Å². The second kappa shape index (κ2) is 5.58. The lowest BCUT2D eigenvalue weighted by molar-refractivity contribution is -0.0244. The van der Waals surface area contributed by atoms with Gasteiger partial charge in [-0.3, -0.25) is 0 Å². The Morgan fingerprint density at radius 2 is 1.54 bits per heavy atom. The summed E-state index contributed by atoms with van der Waals surface area (Å²) in [4.78, 5) is 1.97. The van der Waals surface area contributed by atoms with E-state index >= 15 is 0 Å². The fourth-order valence-corrected chi connectivity index (χ4v) is 1.46. The first-order valence-corrected chi connectivity index (χ1v) is 4.88. The molecule has 0 rings (SSSR count). The van der Waals surface area contributed by atoms with Gasteiger partial charge in [-0.05, 0) is 33.4 Å². The number of aliphatic hydroxyl groups excluding tert-OH is 2. The molecule has 2 N–H and O–H groups in total. The average molecular weight is 189 g/mol. The van der Waals surface area contributed by atoms with Gasteiger partial charge in [0.2, 0.25) is 0 Å². The first-order chi connectivity index (χ1) is 5.86. The fraction of sp³-hybridized carbons (Fsp3) is 1.00. The van der Waals surface area contributed by atoms with Gasteiger partial charge in [0.15, 0.2) is 0 Å². The SMILES string of the molecule is CC(C)CC([C@@H](O)[C@@H](C)O)N(C)C. The van der Waals surface area contributed by atoms with E-state index in [0.717, 1.165) is 6.42 Å². The maximum absolute atomic E-state index is 9.71. The van der Waals surface area contributed by atoms with Gasteiger partial charge < -0.3 is 15.1 Å². The molecule has 0 bridgehead atoms. The van der Waals surface area contributed by atoms with E-state index in [4.69, 9.17) is 0 Å². The largest absolute Gasteiger partial charge is 0.391 e. The summed E-state index contributed by atoms with van der Waals surface area (Å²) in [6, 6.07) is 0.0417. The van der Waals surface area contributed by atoms with Crippen LogP contribution in [0.5, 0.6) is 0 Å². The molecule has 0 saturated heterocycles. The summed E-state index contributed by atoms with van der Waals surface area (Å²) in [5.41, 5.74) is 0. The van der Waals surface area contributed by atoms with Crippen molar-refractivity contribution in [3.05, 3.63) is 0 Å². The molecule has 0 aromatic carbocycles. The molecule has 1 unspecified atom stereocenters. The molecule has 0 aromatic rings. The van der Waals surface area contributed by atoms with Gasteiger partial charge in [0.25, 0.3) is 0 Å². The van der Waals surface area contributed by atoms with Crippen molar-refractivity contribution in [1.82, 2.24) is 4.90 Å². The molecule has 0 radical (unpaired) electrons. The van der Waals surface area contributed by atoms with Crippen LogP contribution < -0.4 is 0 Å². The minimum Gasteiger partial charge on any atom is -0.391 e. The third-order valence-corrected chi connectivity index (χ3v) is 2.26. The number of rotatable bonds is 5. The highest BCUT2D eigenvalue weighted by molar-refractivity contribution is 4.80. The van der Waals surface area contributed by atoms with Crippen molar-refractivity contribution in [3.8, 4) is 0 Å². The predicted molar refractivity (Wildman–Crippen MR) is 54.6 cm³/mol. The van der Waals surface area contributed by atoms with E-state index < -0.39 is 12.2 Å². The van der Waals surface area contributed by atoms with Crippen molar-refractivity contribution in [2.24, 2.45) is 5.92 Å². The maximum Gasteiger partial charge on any atom is 0.0950 e. The Labute approximate surface area is 81.4 Å². The molecule has 0 saturated carbocycles. The van der Waals surface area contributed by atoms with E-state index in [0.29, 0.717) is 5.92 Å². The summed E-state index contributed by atoms with van der Waals surface area (Å²) in [5, 5.41) is 19.0. The predicted octanol–water partition coefficient (Wildman–Crippen LogP) is 0.704. The second-order valence-corrected chi connectivity index (χ2v) is 4.39. The quantitative estimate of drug-likeness (QED) is 0.669. The summed E-state index contributed by atoms with van der Waals surface area (Å²) in [6.45, 7) is 5.86. The number of likely N-dealkylation sites (N-methyl/N-ethyl adjacent to an activating group) is 1. The van der Waals surface area contributed by atoms with E-state index in [1.54, 1.807) is 6.92 Å². The molecule has 0 spiro atoms. The molecule has 3 atom stereocenters. The lowest BCUT2D eigenvalue weighted by Gasteiger charge is -2.31. The van der Waals surface area contributed by atoms with Crippen LogP contribution in [0.4, 0.5) is 0 Å². The van der Waals surface area contributed by atoms with Crippen LogP contribution >= 0.6 is 0 Å². The zero-order valence-corrected chi connectivity index (χ0v) is 9.36. The Morgan fingerprint density at radius 1 is 1.08 bits per heavy atom. The molecule has 0 amide bonds. The van der Waals surface area contributed by atoms with Crippen LogP contribution in [0.3, 0.4) is 0 Å². The molecule has 3 nitrogen and oxygen atoms in total. The zero-order chi connectivity index (χ0) is 10.6. The van der Waals surface area contributed by atoms with Crippen LogP contribution in [0.15, 0.2) is 0 Å². The average Bonchev–Trinajstić information content (AvgIpc) is 1.97. The summed E-state index contributed by atoms with van der Waals surface area (Å²) in [6.07, 6.45) is -0.414. The Hall–Kier alpha value is -0.120. The molecule has 0 heterocycles. The number of nitrogens with zero attached hydrogens (tertiary/aromatic N) is 1. The maximum atomic E-state index is 9.71. The van der Waals surface area contributed by atoms with E-state index in [1.807, 2.05) is 19.0 Å². The lowest BCUT2D eigenvalue weighted by atomic mass is 9.96. The highest BCUT2D eigenvalue weighted by atomic mass is 16.3. The van der Waals surface area contributed by atoms with Crippen LogP contribution in [-0.4, -0.2) is 47.5 Å². The van der Waals surface area contributed by atoms with Gasteiger partial charge in [-0.15, -0.1) is 0 Å². The molecule has 0 fully saturated rings. The standard InChI is InChI=1S/C10H23NO2/c1-7(2)6-9(11(4)5)10(13)8(3)12/h7-10,12-13H,6H2,1-5H3/t8-,9?,10+/m1/s1. The highest BCUT2D eigenvalue weighted by Crippen LogP contribution is 2.14. The van der Waals surface area contributed by atoms with Gasteiger partial charge in [0.05, 0.1) is 12.2 Å². The van der Waals surface area contributed by atoms with Gasteiger partial charge in [0, 0.05) is 6.04 Å². The third-order valence-electron chi connectivity index (χ3n) is 2.26. The number of hydrogen-bond acceptors (Lipinski definition) is 3. The second-order valence-electron chi connectivity index (χ2n) is 4.39. The highest BCUT2D eigenvalue weighted by Gasteiger charge is 2.25. The normalized spacial score (nSPS) is 19.2. The van der Waals surface area contributed by atoms with Crippen molar-refractivity contribution in [1.29, 1.82) is 0 Å². The van der Waals surface area contributed by atoms with Gasteiger partial charge in [0.1, 0.15) is 0 Å². The Morgan fingerprint density at radius 3 is 1.77 bits per heavy atom. The van der Waals surface area contributed by atoms with Crippen molar-refractivity contribution >= 4 is 0 Å². The molecule has 0 aliphatic rings. The van der Waals surface area contributed by atoms with E-state index in [-0.39, 0.29) is 6.04 Å². The van der Waals surface area contributed by atoms with Crippen LogP contribution in [0.25, 0.3) is 0 Å². The lowest BCUT2D eigenvalue weighted by Crippen LogP contribution is -2.45. The van der Waals surface area contributed by atoms with Crippen LogP contribution in [-0.2, 0) is 0 Å². The first kappa shape index (κ1) is 12.9. The molecule has 0 aromatic heterocycles. The Balaban J connectivity index is 4.24. The summed E-state index contributed by atoms with van der Waals surface area (Å²) in [7, 11) is 3.86. The van der Waals surface area contributed by atoms with Crippen molar-refractivity contribution < 1.29 is 10.2 Å². The molecular weight excluding hydrogens is 166 g/mol. The van der Waals surface area contributed by atoms with Gasteiger partial charge in [-0.25, -0.2) is 0 Å². The van der Waals surface area contributed by atoms with Crippen molar-refractivity contribution in [2.75, 3.05) is 14.1 Å². The van der Waals surface area contributed by atoms with E-state index in [1.165, 1.54) is 0 Å². The fourth-order valence-electron chi connectivity index (χ4n) is 1.46. The summed E-state index contributed by atoms with van der Waals surface area (Å²) < 4.78 is 0. The molecule has 13 heavy (non-hydrogen) atoms. The van der Waals surface area contributed by atoms with Crippen LogP contribution in [0, 0.1) is 5.92 Å². The van der Waals surface area contributed by atoms with Gasteiger partial charge in [-0.1, -0.05) is 13.8 Å². The van der Waals surface area contributed by atoms with Gasteiger partial charge in [-0.2, -0.15) is 0 Å². The number of aliphatic hydroxyl groups is 2. The summed E-state index contributed by atoms with van der Waals surface area (Å²) >= 11 is 0. The summed E-state index contributed by atoms with van der Waals surface area (Å²) in [5.74, 6) is 0.529. The monoisotopic (exact) mass is 189 g/mol. The molecule has 3 heteroatoms. The van der Waals surface area contributed by atoms with E-state index in [9.17, 15) is 10.2 Å². The minimum atomic E-state index is -0.661.